The van der Waals surface area contributed by atoms with Crippen LogP contribution in [0.5, 0.6) is 0 Å². The van der Waals surface area contributed by atoms with Crippen molar-refractivity contribution in [2.75, 3.05) is 25.2 Å². The first-order valence-corrected chi connectivity index (χ1v) is 12.5. The lowest BCUT2D eigenvalue weighted by Gasteiger charge is -2.56. The van der Waals surface area contributed by atoms with E-state index in [9.17, 15) is 0 Å². The molecule has 2 aromatic rings. The van der Waals surface area contributed by atoms with Crippen LogP contribution in [-0.2, 0) is 6.54 Å². The fourth-order valence-corrected chi connectivity index (χ4v) is 9.10. The maximum absolute atomic E-state index is 2.64. The number of rotatable bonds is 1. The molecule has 31 heavy (non-hydrogen) atoms. The van der Waals surface area contributed by atoms with E-state index in [1.807, 2.05) is 0 Å². The second-order valence-electron chi connectivity index (χ2n) is 11.5. The Bertz CT molecular complexity index is 1170. The number of benzene rings is 2. The summed E-state index contributed by atoms with van der Waals surface area (Å²) in [7, 11) is 2.27. The standard InChI is InChI=1S/C29H36N2/c1-8-31-12-30(7)11-21-17(6)23-20(10-22(21)31)26-18-9-19(27(23)26)29-25-16(5)14(3)13(2)15(4)24(25)28(18)29/h10,18-19,26-29H,8-9,11-12H2,1-7H3. The second kappa shape index (κ2) is 5.76. The van der Waals surface area contributed by atoms with E-state index >= 15 is 0 Å². The van der Waals surface area contributed by atoms with Gasteiger partial charge >= 0.3 is 0 Å². The zero-order valence-corrected chi connectivity index (χ0v) is 20.3. The van der Waals surface area contributed by atoms with E-state index in [0.717, 1.165) is 55.3 Å². The summed E-state index contributed by atoms with van der Waals surface area (Å²) in [4.78, 5) is 5.07. The first-order valence-electron chi connectivity index (χ1n) is 12.5. The summed E-state index contributed by atoms with van der Waals surface area (Å²) in [5.74, 6) is 5.13. The summed E-state index contributed by atoms with van der Waals surface area (Å²) in [5.41, 5.74) is 18.2. The molecule has 1 aliphatic heterocycles. The largest absolute Gasteiger partial charge is 0.359 e. The normalized spacial score (nSPS) is 33.8. The Morgan fingerprint density at radius 3 is 1.97 bits per heavy atom. The molecular formula is C29H36N2. The predicted molar refractivity (Wildman–Crippen MR) is 128 cm³/mol. The molecule has 2 nitrogen and oxygen atoms in total. The van der Waals surface area contributed by atoms with E-state index < -0.39 is 0 Å². The van der Waals surface area contributed by atoms with Gasteiger partial charge in [0, 0.05) is 18.8 Å². The van der Waals surface area contributed by atoms with Gasteiger partial charge in [-0.05, 0) is 152 Å². The average Bonchev–Trinajstić information content (AvgIpc) is 3.17. The maximum atomic E-state index is 2.64. The van der Waals surface area contributed by atoms with E-state index in [1.165, 1.54) is 6.42 Å². The molecule has 0 spiro atoms. The SMILES string of the molecule is CCN1CN(C)Cc2c1cc1c(c2C)C2C3CC(C12)C1c2c(C)c(C)c(C)c(C)c2C31. The second-order valence-corrected chi connectivity index (χ2v) is 11.5. The number of fused-ring (bicyclic) bond motifs is 15. The molecule has 2 saturated carbocycles. The monoisotopic (exact) mass is 412 g/mol. The molecule has 2 bridgehead atoms. The molecular weight excluding hydrogens is 376 g/mol. The van der Waals surface area contributed by atoms with Crippen molar-refractivity contribution in [3.63, 3.8) is 0 Å². The van der Waals surface area contributed by atoms with E-state index in [-0.39, 0.29) is 0 Å². The van der Waals surface area contributed by atoms with Crippen LogP contribution in [0.1, 0.15) is 92.7 Å². The first kappa shape index (κ1) is 18.7. The van der Waals surface area contributed by atoms with Crippen LogP contribution in [0.3, 0.4) is 0 Å². The molecule has 7 rings (SSSR count). The highest BCUT2D eigenvalue weighted by Crippen LogP contribution is 2.80. The van der Waals surface area contributed by atoms with Crippen LogP contribution in [0.2, 0.25) is 0 Å². The Hall–Kier alpha value is -1.80. The molecule has 0 radical (unpaired) electrons. The maximum Gasteiger partial charge on any atom is 0.0707 e. The van der Waals surface area contributed by atoms with Crippen LogP contribution in [0, 0.1) is 46.5 Å². The Kier molecular flexibility index (Phi) is 3.48. The molecule has 2 aromatic carbocycles. The highest BCUT2D eigenvalue weighted by atomic mass is 15.3. The lowest BCUT2D eigenvalue weighted by Crippen LogP contribution is -2.45. The van der Waals surface area contributed by atoms with Crippen molar-refractivity contribution >= 4 is 5.69 Å². The fraction of sp³-hybridized carbons (Fsp3) is 0.586. The Balaban J connectivity index is 1.36. The van der Waals surface area contributed by atoms with Crippen LogP contribution in [0.15, 0.2) is 6.07 Å². The number of anilines is 1. The van der Waals surface area contributed by atoms with Gasteiger partial charge in [0.2, 0.25) is 0 Å². The van der Waals surface area contributed by atoms with E-state index in [0.29, 0.717) is 0 Å². The lowest BCUT2D eigenvalue weighted by molar-refractivity contribution is 0.225. The zero-order chi connectivity index (χ0) is 21.5. The van der Waals surface area contributed by atoms with Crippen LogP contribution in [-0.4, -0.2) is 25.2 Å². The minimum atomic E-state index is 0.832. The molecule has 6 atom stereocenters. The van der Waals surface area contributed by atoms with Gasteiger partial charge in [-0.25, -0.2) is 0 Å². The third-order valence-electron chi connectivity index (χ3n) is 10.6. The highest BCUT2D eigenvalue weighted by Gasteiger charge is 2.68. The van der Waals surface area contributed by atoms with Gasteiger partial charge in [-0.1, -0.05) is 0 Å². The molecule has 2 fully saturated rings. The topological polar surface area (TPSA) is 6.48 Å². The molecule has 2 heteroatoms. The third kappa shape index (κ3) is 1.93. The molecule has 6 unspecified atom stereocenters. The molecule has 4 aliphatic carbocycles. The molecule has 0 aromatic heterocycles. The Morgan fingerprint density at radius 1 is 0.774 bits per heavy atom. The fourth-order valence-electron chi connectivity index (χ4n) is 9.10. The van der Waals surface area contributed by atoms with Crippen LogP contribution in [0.4, 0.5) is 5.69 Å². The molecule has 0 saturated heterocycles. The van der Waals surface area contributed by atoms with E-state index in [1.54, 1.807) is 61.3 Å². The average molecular weight is 413 g/mol. The first-order chi connectivity index (χ1) is 14.8. The summed E-state index contributed by atoms with van der Waals surface area (Å²) < 4.78 is 0. The van der Waals surface area contributed by atoms with Crippen molar-refractivity contribution in [2.45, 2.75) is 78.2 Å². The zero-order valence-electron chi connectivity index (χ0n) is 20.3. The molecule has 5 aliphatic rings. The van der Waals surface area contributed by atoms with Gasteiger partial charge in [-0.3, -0.25) is 4.90 Å². The van der Waals surface area contributed by atoms with Crippen molar-refractivity contribution in [3.8, 4) is 0 Å². The van der Waals surface area contributed by atoms with Gasteiger partial charge in [0.1, 0.15) is 0 Å². The van der Waals surface area contributed by atoms with Gasteiger partial charge in [-0.2, -0.15) is 0 Å². The van der Waals surface area contributed by atoms with E-state index in [2.05, 4.69) is 64.5 Å². The van der Waals surface area contributed by atoms with Crippen molar-refractivity contribution in [1.82, 2.24) is 4.90 Å². The minimum absolute atomic E-state index is 0.832. The predicted octanol–water partition coefficient (Wildman–Crippen LogP) is 6.17. The summed E-state index contributed by atoms with van der Waals surface area (Å²) in [6.07, 6.45) is 1.46. The van der Waals surface area contributed by atoms with Crippen molar-refractivity contribution < 1.29 is 0 Å². The van der Waals surface area contributed by atoms with Crippen molar-refractivity contribution in [1.29, 1.82) is 0 Å². The van der Waals surface area contributed by atoms with Crippen molar-refractivity contribution in [3.05, 3.63) is 61.7 Å². The number of hydrogen-bond donors (Lipinski definition) is 0. The Morgan fingerprint density at radius 2 is 1.35 bits per heavy atom. The van der Waals surface area contributed by atoms with Gasteiger partial charge in [-0.15, -0.1) is 0 Å². The summed E-state index contributed by atoms with van der Waals surface area (Å²) in [6.45, 7) is 17.6. The van der Waals surface area contributed by atoms with Gasteiger partial charge in [0.05, 0.1) is 6.67 Å². The van der Waals surface area contributed by atoms with Crippen molar-refractivity contribution in [2.24, 2.45) is 11.8 Å². The minimum Gasteiger partial charge on any atom is -0.359 e. The third-order valence-corrected chi connectivity index (χ3v) is 10.6. The highest BCUT2D eigenvalue weighted by molar-refractivity contribution is 5.71. The molecule has 0 N–H and O–H groups in total. The lowest BCUT2D eigenvalue weighted by atomic mass is 9.48. The quantitative estimate of drug-likeness (QED) is 0.517. The molecule has 1 heterocycles. The molecule has 0 amide bonds. The Labute approximate surface area is 187 Å². The summed E-state index contributed by atoms with van der Waals surface area (Å²) >= 11 is 0. The number of hydrogen-bond acceptors (Lipinski definition) is 2. The van der Waals surface area contributed by atoms with E-state index in [4.69, 9.17) is 0 Å². The number of nitrogens with zero attached hydrogens (tertiary/aromatic N) is 2. The van der Waals surface area contributed by atoms with Crippen LogP contribution >= 0.6 is 0 Å². The van der Waals surface area contributed by atoms with Crippen LogP contribution < -0.4 is 4.90 Å². The summed E-state index contributed by atoms with van der Waals surface area (Å²) in [5, 5.41) is 0. The van der Waals surface area contributed by atoms with Crippen LogP contribution in [0.25, 0.3) is 0 Å². The van der Waals surface area contributed by atoms with Gasteiger partial charge in [0.25, 0.3) is 0 Å². The van der Waals surface area contributed by atoms with Gasteiger partial charge < -0.3 is 4.90 Å². The summed E-state index contributed by atoms with van der Waals surface area (Å²) in [6, 6.07) is 2.64. The smallest absolute Gasteiger partial charge is 0.0707 e. The molecule has 162 valence electrons. The van der Waals surface area contributed by atoms with Gasteiger partial charge in [0.15, 0.2) is 0 Å².